The number of aryl methyl sites for hydroxylation is 2. The van der Waals surface area contributed by atoms with Gasteiger partial charge < -0.3 is 20.7 Å². The molecule has 0 aliphatic heterocycles. The van der Waals surface area contributed by atoms with E-state index in [-0.39, 0.29) is 12.5 Å². The Kier molecular flexibility index (Phi) is 6.54. The molecule has 7 nitrogen and oxygen atoms in total. The molecule has 0 atom stereocenters. The highest BCUT2D eigenvalue weighted by Crippen LogP contribution is 2.19. The Hall–Kier alpha value is -3.35. The van der Waals surface area contributed by atoms with Crippen LogP contribution in [0.25, 0.3) is 0 Å². The third kappa shape index (κ3) is 5.57. The molecular weight excluding hydrogens is 346 g/mol. The van der Waals surface area contributed by atoms with Gasteiger partial charge in [-0.2, -0.15) is 0 Å². The van der Waals surface area contributed by atoms with E-state index in [2.05, 4.69) is 5.32 Å². The summed E-state index contributed by atoms with van der Waals surface area (Å²) in [6, 6.07) is 11.9. The zero-order valence-corrected chi connectivity index (χ0v) is 15.6. The molecule has 0 heterocycles. The quantitative estimate of drug-likeness (QED) is 0.600. The second-order valence-electron chi connectivity index (χ2n) is 6.26. The van der Waals surface area contributed by atoms with Crippen LogP contribution in [0, 0.1) is 13.8 Å². The van der Waals surface area contributed by atoms with Gasteiger partial charge in [-0.05, 0) is 49.2 Å². The monoisotopic (exact) mass is 369 g/mol. The Balaban J connectivity index is 1.85. The molecule has 2 aromatic carbocycles. The zero-order chi connectivity index (χ0) is 20.0. The number of benzene rings is 2. The van der Waals surface area contributed by atoms with Crippen molar-refractivity contribution in [3.05, 3.63) is 59.2 Å². The first-order valence-electron chi connectivity index (χ1n) is 8.40. The molecule has 0 saturated heterocycles. The van der Waals surface area contributed by atoms with Gasteiger partial charge in [-0.15, -0.1) is 0 Å². The first-order chi connectivity index (χ1) is 12.8. The summed E-state index contributed by atoms with van der Waals surface area (Å²) in [4.78, 5) is 37.4. The van der Waals surface area contributed by atoms with Gasteiger partial charge >= 0.3 is 5.97 Å². The number of nitrogens with one attached hydrogen (secondary N) is 1. The summed E-state index contributed by atoms with van der Waals surface area (Å²) in [6.45, 7) is 3.20. The molecule has 0 spiro atoms. The minimum Gasteiger partial charge on any atom is -0.452 e. The molecule has 27 heavy (non-hydrogen) atoms. The maximum atomic E-state index is 12.2. The molecule has 0 fully saturated rings. The molecule has 2 rings (SSSR count). The second kappa shape index (κ2) is 8.84. The van der Waals surface area contributed by atoms with Crippen molar-refractivity contribution in [2.75, 3.05) is 31.2 Å². The molecule has 0 bridgehead atoms. The first kappa shape index (κ1) is 20.0. The number of anilines is 2. The smallest absolute Gasteiger partial charge is 0.338 e. The van der Waals surface area contributed by atoms with Crippen LogP contribution in [0.2, 0.25) is 0 Å². The van der Waals surface area contributed by atoms with Crippen LogP contribution in [-0.4, -0.2) is 42.9 Å². The van der Waals surface area contributed by atoms with Gasteiger partial charge in [0.05, 0.1) is 12.1 Å². The minimum absolute atomic E-state index is 0.147. The van der Waals surface area contributed by atoms with Crippen LogP contribution in [-0.2, 0) is 14.3 Å². The lowest BCUT2D eigenvalue weighted by atomic mass is 10.1. The third-order valence-electron chi connectivity index (χ3n) is 4.03. The normalized spacial score (nSPS) is 10.2. The number of ether oxygens (including phenoxy) is 1. The Labute approximate surface area is 158 Å². The molecule has 0 aromatic heterocycles. The van der Waals surface area contributed by atoms with Crippen LogP contribution in [0.3, 0.4) is 0 Å². The van der Waals surface area contributed by atoms with Crippen molar-refractivity contribution in [2.24, 2.45) is 0 Å². The Morgan fingerprint density at radius 1 is 1.04 bits per heavy atom. The maximum Gasteiger partial charge on any atom is 0.338 e. The van der Waals surface area contributed by atoms with Crippen molar-refractivity contribution in [2.45, 2.75) is 13.8 Å². The highest BCUT2D eigenvalue weighted by atomic mass is 16.5. The topological polar surface area (TPSA) is 102 Å². The number of nitrogens with two attached hydrogens (primary N) is 1. The van der Waals surface area contributed by atoms with Crippen LogP contribution in [0.5, 0.6) is 0 Å². The number of likely N-dealkylation sites (N-methyl/N-ethyl adjacent to an activating group) is 1. The molecule has 0 radical (unpaired) electrons. The van der Waals surface area contributed by atoms with Gasteiger partial charge in [0.1, 0.15) is 0 Å². The highest BCUT2D eigenvalue weighted by molar-refractivity contribution is 5.96. The second-order valence-corrected chi connectivity index (χ2v) is 6.26. The van der Waals surface area contributed by atoms with Crippen LogP contribution < -0.4 is 11.1 Å². The number of amides is 2. The maximum absolute atomic E-state index is 12.2. The predicted molar refractivity (Wildman–Crippen MR) is 103 cm³/mol. The summed E-state index contributed by atoms with van der Waals surface area (Å²) in [7, 11) is 1.48. The molecule has 2 aromatic rings. The summed E-state index contributed by atoms with van der Waals surface area (Å²) in [6.07, 6.45) is 0. The SMILES string of the molecule is Cc1cccc(C)c1NC(=O)CN(C)C(=O)COC(=O)c1ccc(N)cc1. The lowest BCUT2D eigenvalue weighted by Gasteiger charge is -2.18. The van der Waals surface area contributed by atoms with E-state index in [1.165, 1.54) is 24.1 Å². The Bertz CT molecular complexity index is 827. The summed E-state index contributed by atoms with van der Waals surface area (Å²) in [5.74, 6) is -1.43. The van der Waals surface area contributed by atoms with Crippen molar-refractivity contribution >= 4 is 29.2 Å². The molecule has 0 aliphatic carbocycles. The van der Waals surface area contributed by atoms with Crippen molar-refractivity contribution in [3.8, 4) is 0 Å². The van der Waals surface area contributed by atoms with E-state index in [1.807, 2.05) is 32.0 Å². The number of rotatable bonds is 6. The van der Waals surface area contributed by atoms with Gasteiger partial charge in [0, 0.05) is 18.4 Å². The van der Waals surface area contributed by atoms with E-state index in [9.17, 15) is 14.4 Å². The van der Waals surface area contributed by atoms with E-state index in [4.69, 9.17) is 10.5 Å². The largest absolute Gasteiger partial charge is 0.452 e. The molecule has 3 N–H and O–H groups in total. The molecule has 0 saturated carbocycles. The fourth-order valence-corrected chi connectivity index (χ4v) is 2.43. The van der Waals surface area contributed by atoms with E-state index in [1.54, 1.807) is 12.1 Å². The number of esters is 1. The summed E-state index contributed by atoms with van der Waals surface area (Å²) in [5.41, 5.74) is 9.00. The molecular formula is C20H23N3O4. The van der Waals surface area contributed by atoms with Gasteiger partial charge in [0.15, 0.2) is 6.61 Å². The van der Waals surface area contributed by atoms with Crippen molar-refractivity contribution in [1.29, 1.82) is 0 Å². The van der Waals surface area contributed by atoms with Crippen LogP contribution in [0.4, 0.5) is 11.4 Å². The summed E-state index contributed by atoms with van der Waals surface area (Å²) in [5, 5.41) is 2.81. The first-order valence-corrected chi connectivity index (χ1v) is 8.40. The van der Waals surface area contributed by atoms with Gasteiger partial charge in [-0.1, -0.05) is 18.2 Å². The van der Waals surface area contributed by atoms with Crippen LogP contribution >= 0.6 is 0 Å². The molecule has 7 heteroatoms. The lowest BCUT2D eigenvalue weighted by Crippen LogP contribution is -2.37. The minimum atomic E-state index is -0.628. The van der Waals surface area contributed by atoms with E-state index in [0.717, 1.165) is 16.8 Å². The third-order valence-corrected chi connectivity index (χ3v) is 4.03. The predicted octanol–water partition coefficient (Wildman–Crippen LogP) is 2.14. The lowest BCUT2D eigenvalue weighted by molar-refractivity contribution is -0.136. The highest BCUT2D eigenvalue weighted by Gasteiger charge is 2.17. The average molecular weight is 369 g/mol. The van der Waals surface area contributed by atoms with Crippen molar-refractivity contribution in [3.63, 3.8) is 0 Å². The molecule has 0 unspecified atom stereocenters. The van der Waals surface area contributed by atoms with Gasteiger partial charge in [0.25, 0.3) is 5.91 Å². The van der Waals surface area contributed by atoms with E-state index < -0.39 is 18.5 Å². The Morgan fingerprint density at radius 3 is 2.22 bits per heavy atom. The van der Waals surface area contributed by atoms with Gasteiger partial charge in [-0.25, -0.2) is 4.79 Å². The number of nitrogen functional groups attached to an aromatic ring is 1. The number of nitrogens with zero attached hydrogens (tertiary/aromatic N) is 1. The van der Waals surface area contributed by atoms with Gasteiger partial charge in [0.2, 0.25) is 5.91 Å². The number of carbonyl (C=O) groups excluding carboxylic acids is 3. The van der Waals surface area contributed by atoms with Crippen LogP contribution in [0.15, 0.2) is 42.5 Å². The molecule has 142 valence electrons. The number of hydrogen-bond acceptors (Lipinski definition) is 5. The average Bonchev–Trinajstić information content (AvgIpc) is 2.63. The zero-order valence-electron chi connectivity index (χ0n) is 15.6. The summed E-state index contributed by atoms with van der Waals surface area (Å²) >= 11 is 0. The van der Waals surface area contributed by atoms with Crippen molar-refractivity contribution in [1.82, 2.24) is 4.90 Å². The fraction of sp³-hybridized carbons (Fsp3) is 0.250. The number of para-hydroxylation sites is 1. The number of carbonyl (C=O) groups is 3. The van der Waals surface area contributed by atoms with Crippen molar-refractivity contribution < 1.29 is 19.1 Å². The summed E-state index contributed by atoms with van der Waals surface area (Å²) < 4.78 is 4.99. The fourth-order valence-electron chi connectivity index (χ4n) is 2.43. The van der Waals surface area contributed by atoms with E-state index in [0.29, 0.717) is 11.3 Å². The van der Waals surface area contributed by atoms with Crippen LogP contribution in [0.1, 0.15) is 21.5 Å². The van der Waals surface area contributed by atoms with E-state index >= 15 is 0 Å². The molecule has 2 amide bonds. The number of hydrogen-bond donors (Lipinski definition) is 2. The molecule has 0 aliphatic rings. The Morgan fingerprint density at radius 2 is 1.63 bits per heavy atom. The van der Waals surface area contributed by atoms with Gasteiger partial charge in [-0.3, -0.25) is 9.59 Å². The standard InChI is InChI=1S/C20H23N3O4/c1-13-5-4-6-14(2)19(13)22-17(24)11-23(3)18(25)12-27-20(26)15-7-9-16(21)10-8-15/h4-10H,11-12,21H2,1-3H3,(H,22,24).